The van der Waals surface area contributed by atoms with E-state index in [2.05, 4.69) is 18.3 Å². The van der Waals surface area contributed by atoms with Gasteiger partial charge >= 0.3 is 0 Å². The van der Waals surface area contributed by atoms with Crippen LogP contribution in [-0.4, -0.2) is 12.5 Å². The monoisotopic (exact) mass is 223 g/mol. The van der Waals surface area contributed by atoms with Crippen LogP contribution in [0.3, 0.4) is 0 Å². The SMILES string of the molecule is CCCCc1cc2c(s1)CCCNC2=O. The summed E-state index contributed by atoms with van der Waals surface area (Å²) < 4.78 is 0. The molecule has 1 aromatic heterocycles. The van der Waals surface area contributed by atoms with Gasteiger partial charge in [0.1, 0.15) is 0 Å². The Morgan fingerprint density at radius 1 is 1.53 bits per heavy atom. The van der Waals surface area contributed by atoms with Crippen molar-refractivity contribution in [1.82, 2.24) is 5.32 Å². The predicted molar refractivity (Wildman–Crippen MR) is 63.6 cm³/mol. The largest absolute Gasteiger partial charge is 0.352 e. The molecule has 0 aliphatic carbocycles. The van der Waals surface area contributed by atoms with E-state index in [0.29, 0.717) is 0 Å². The summed E-state index contributed by atoms with van der Waals surface area (Å²) in [5.74, 6) is 0.126. The third-order valence-electron chi connectivity index (χ3n) is 2.75. The van der Waals surface area contributed by atoms with Crippen LogP contribution in [-0.2, 0) is 12.8 Å². The van der Waals surface area contributed by atoms with E-state index in [9.17, 15) is 4.79 Å². The van der Waals surface area contributed by atoms with Gasteiger partial charge < -0.3 is 5.32 Å². The molecule has 3 heteroatoms. The minimum Gasteiger partial charge on any atom is -0.352 e. The Bertz CT molecular complexity index is 357. The number of nitrogens with one attached hydrogen (secondary N) is 1. The lowest BCUT2D eigenvalue weighted by molar-refractivity contribution is 0.0956. The molecule has 0 unspecified atom stereocenters. The van der Waals surface area contributed by atoms with Gasteiger partial charge in [-0.25, -0.2) is 0 Å². The van der Waals surface area contributed by atoms with Crippen LogP contribution in [0.2, 0.25) is 0 Å². The van der Waals surface area contributed by atoms with Crippen LogP contribution in [0.25, 0.3) is 0 Å². The van der Waals surface area contributed by atoms with Gasteiger partial charge in [0.25, 0.3) is 5.91 Å². The molecule has 1 aliphatic heterocycles. The second-order valence-electron chi connectivity index (χ2n) is 4.01. The highest BCUT2D eigenvalue weighted by Gasteiger charge is 2.17. The number of unbranched alkanes of at least 4 members (excludes halogenated alkanes) is 1. The average Bonchev–Trinajstić information content (AvgIpc) is 2.57. The summed E-state index contributed by atoms with van der Waals surface area (Å²) in [6, 6.07) is 2.09. The van der Waals surface area contributed by atoms with Crippen molar-refractivity contribution in [3.63, 3.8) is 0 Å². The van der Waals surface area contributed by atoms with Crippen LogP contribution in [0.15, 0.2) is 6.07 Å². The lowest BCUT2D eigenvalue weighted by Crippen LogP contribution is -2.22. The van der Waals surface area contributed by atoms with Crippen LogP contribution in [0, 0.1) is 0 Å². The molecule has 0 saturated heterocycles. The Balaban J connectivity index is 2.18. The molecule has 0 fully saturated rings. The predicted octanol–water partition coefficient (Wildman–Crippen LogP) is 2.77. The number of hydrogen-bond donors (Lipinski definition) is 1. The maximum atomic E-state index is 11.7. The van der Waals surface area contributed by atoms with E-state index >= 15 is 0 Å². The highest BCUT2D eigenvalue weighted by atomic mass is 32.1. The van der Waals surface area contributed by atoms with Gasteiger partial charge in [-0.3, -0.25) is 4.79 Å². The minimum atomic E-state index is 0.126. The number of carbonyl (C=O) groups is 1. The molecule has 2 nitrogen and oxygen atoms in total. The lowest BCUT2D eigenvalue weighted by atomic mass is 10.1. The molecule has 0 radical (unpaired) electrons. The quantitative estimate of drug-likeness (QED) is 0.838. The zero-order chi connectivity index (χ0) is 10.7. The van der Waals surface area contributed by atoms with Gasteiger partial charge in [0.05, 0.1) is 5.56 Å². The van der Waals surface area contributed by atoms with E-state index in [1.807, 2.05) is 11.3 Å². The van der Waals surface area contributed by atoms with E-state index < -0.39 is 0 Å². The fourth-order valence-corrected chi connectivity index (χ4v) is 3.13. The van der Waals surface area contributed by atoms with Crippen molar-refractivity contribution in [2.24, 2.45) is 0 Å². The highest BCUT2D eigenvalue weighted by molar-refractivity contribution is 7.12. The summed E-state index contributed by atoms with van der Waals surface area (Å²) in [6.07, 6.45) is 5.70. The standard InChI is InChI=1S/C12H17NOS/c1-2-3-5-9-8-10-11(15-9)6-4-7-13-12(10)14/h8H,2-7H2,1H3,(H,13,14). The molecule has 82 valence electrons. The molecular formula is C12H17NOS. The first-order chi connectivity index (χ1) is 7.31. The molecule has 0 bridgehead atoms. The Hall–Kier alpha value is -0.830. The van der Waals surface area contributed by atoms with Gasteiger partial charge in [0, 0.05) is 16.3 Å². The van der Waals surface area contributed by atoms with Crippen LogP contribution < -0.4 is 5.32 Å². The molecule has 0 atom stereocenters. The Labute approximate surface area is 94.7 Å². The molecular weight excluding hydrogens is 206 g/mol. The maximum absolute atomic E-state index is 11.7. The van der Waals surface area contributed by atoms with E-state index in [-0.39, 0.29) is 5.91 Å². The van der Waals surface area contributed by atoms with Crippen LogP contribution in [0.5, 0.6) is 0 Å². The first kappa shape index (κ1) is 10.7. The second-order valence-corrected chi connectivity index (χ2v) is 5.23. The molecule has 0 aromatic carbocycles. The zero-order valence-electron chi connectivity index (χ0n) is 9.14. The second kappa shape index (κ2) is 4.79. The summed E-state index contributed by atoms with van der Waals surface area (Å²) in [6.45, 7) is 3.02. The third-order valence-corrected chi connectivity index (χ3v) is 4.00. The Morgan fingerprint density at radius 2 is 2.40 bits per heavy atom. The van der Waals surface area contributed by atoms with E-state index in [4.69, 9.17) is 0 Å². The lowest BCUT2D eigenvalue weighted by Gasteiger charge is -1.97. The molecule has 1 N–H and O–H groups in total. The molecule has 0 saturated carbocycles. The normalized spacial score (nSPS) is 15.7. The first-order valence-corrected chi connectivity index (χ1v) is 6.52. The van der Waals surface area contributed by atoms with Crippen LogP contribution >= 0.6 is 11.3 Å². The maximum Gasteiger partial charge on any atom is 0.252 e. The third kappa shape index (κ3) is 2.40. The smallest absolute Gasteiger partial charge is 0.252 e. The Morgan fingerprint density at radius 3 is 3.20 bits per heavy atom. The minimum absolute atomic E-state index is 0.126. The number of hydrogen-bond acceptors (Lipinski definition) is 2. The topological polar surface area (TPSA) is 29.1 Å². The Kier molecular flexibility index (Phi) is 3.41. The van der Waals surface area contributed by atoms with Crippen molar-refractivity contribution in [2.75, 3.05) is 6.54 Å². The number of aryl methyl sites for hydroxylation is 2. The highest BCUT2D eigenvalue weighted by Crippen LogP contribution is 2.26. The molecule has 2 rings (SSSR count). The summed E-state index contributed by atoms with van der Waals surface area (Å²) in [4.78, 5) is 14.4. The first-order valence-electron chi connectivity index (χ1n) is 5.71. The van der Waals surface area contributed by atoms with Crippen LogP contribution in [0.1, 0.15) is 46.3 Å². The average molecular weight is 223 g/mol. The molecule has 1 aliphatic rings. The van der Waals surface area contributed by atoms with E-state index in [1.54, 1.807) is 0 Å². The summed E-state index contributed by atoms with van der Waals surface area (Å²) >= 11 is 1.83. The van der Waals surface area contributed by atoms with Gasteiger partial charge in [-0.2, -0.15) is 0 Å². The number of rotatable bonds is 3. The van der Waals surface area contributed by atoms with Crippen molar-refractivity contribution in [3.8, 4) is 0 Å². The van der Waals surface area contributed by atoms with Gasteiger partial charge in [-0.15, -0.1) is 11.3 Å². The fourth-order valence-electron chi connectivity index (χ4n) is 1.88. The van der Waals surface area contributed by atoms with Crippen molar-refractivity contribution < 1.29 is 4.79 Å². The number of thiophene rings is 1. The number of amides is 1. The van der Waals surface area contributed by atoms with Gasteiger partial charge in [-0.1, -0.05) is 13.3 Å². The molecule has 0 spiro atoms. The van der Waals surface area contributed by atoms with Crippen molar-refractivity contribution in [3.05, 3.63) is 21.4 Å². The number of carbonyl (C=O) groups excluding carboxylic acids is 1. The summed E-state index contributed by atoms with van der Waals surface area (Å²) in [5, 5.41) is 2.94. The van der Waals surface area contributed by atoms with Crippen molar-refractivity contribution in [2.45, 2.75) is 39.0 Å². The van der Waals surface area contributed by atoms with Crippen LogP contribution in [0.4, 0.5) is 0 Å². The molecule has 15 heavy (non-hydrogen) atoms. The van der Waals surface area contributed by atoms with Crippen molar-refractivity contribution in [1.29, 1.82) is 0 Å². The number of fused-ring (bicyclic) bond motifs is 1. The van der Waals surface area contributed by atoms with Gasteiger partial charge in [0.2, 0.25) is 0 Å². The van der Waals surface area contributed by atoms with Crippen molar-refractivity contribution >= 4 is 17.2 Å². The molecule has 1 amide bonds. The summed E-state index contributed by atoms with van der Waals surface area (Å²) in [5.41, 5.74) is 0.934. The molecule has 2 heterocycles. The van der Waals surface area contributed by atoms with Gasteiger partial charge in [0.15, 0.2) is 0 Å². The van der Waals surface area contributed by atoms with E-state index in [1.165, 1.54) is 22.6 Å². The summed E-state index contributed by atoms with van der Waals surface area (Å²) in [7, 11) is 0. The molecule has 1 aromatic rings. The fraction of sp³-hybridized carbons (Fsp3) is 0.583. The van der Waals surface area contributed by atoms with E-state index in [0.717, 1.165) is 31.4 Å². The van der Waals surface area contributed by atoms with Gasteiger partial charge in [-0.05, 0) is 31.7 Å². The zero-order valence-corrected chi connectivity index (χ0v) is 9.95.